The Morgan fingerprint density at radius 1 is 1.36 bits per heavy atom. The summed E-state index contributed by atoms with van der Waals surface area (Å²) in [4.78, 5) is 0. The second kappa shape index (κ2) is 6.61. The average Bonchev–Trinajstić information content (AvgIpc) is 1.98. The molecule has 3 N–H and O–H groups in total. The van der Waals surface area contributed by atoms with Gasteiger partial charge in [-0.2, -0.15) is 0 Å². The lowest BCUT2D eigenvalue weighted by molar-refractivity contribution is 0.307. The minimum Gasteiger partial charge on any atom is -0.329 e. The molecule has 0 amide bonds. The van der Waals surface area contributed by atoms with E-state index in [1.54, 1.807) is 0 Å². The molecule has 0 unspecified atom stereocenters. The molecule has 0 spiro atoms. The lowest BCUT2D eigenvalue weighted by Crippen LogP contribution is -2.32. The zero-order valence-electron chi connectivity index (χ0n) is 8.24. The normalized spacial score (nSPS) is 17.2. The van der Waals surface area contributed by atoms with Gasteiger partial charge in [0, 0.05) is 13.1 Å². The van der Waals surface area contributed by atoms with E-state index >= 15 is 0 Å². The van der Waals surface area contributed by atoms with E-state index in [1.807, 2.05) is 0 Å². The molecule has 0 aromatic carbocycles. The van der Waals surface area contributed by atoms with E-state index in [1.165, 1.54) is 19.3 Å². The van der Waals surface area contributed by atoms with Gasteiger partial charge in [-0.3, -0.25) is 0 Å². The van der Waals surface area contributed by atoms with Crippen molar-refractivity contribution >= 4 is 22.4 Å². The van der Waals surface area contributed by atoms with Gasteiger partial charge < -0.3 is 5.73 Å². The van der Waals surface area contributed by atoms with Crippen molar-refractivity contribution in [1.82, 2.24) is 4.72 Å². The van der Waals surface area contributed by atoms with Crippen LogP contribution in [0.3, 0.4) is 0 Å². The molecule has 0 atom stereocenters. The monoisotopic (exact) mass is 242 g/mol. The largest absolute Gasteiger partial charge is 0.329 e. The summed E-state index contributed by atoms with van der Waals surface area (Å²) in [7, 11) is -3.04. The van der Waals surface area contributed by atoms with Crippen molar-refractivity contribution in [2.45, 2.75) is 25.7 Å². The van der Waals surface area contributed by atoms with Crippen LogP contribution in [0.25, 0.3) is 0 Å². The lowest BCUT2D eigenvalue weighted by atomic mass is 9.84. The summed E-state index contributed by atoms with van der Waals surface area (Å²) in [5.74, 6) is 0.909. The Bertz CT molecular complexity index is 240. The Kier molecular flexibility index (Phi) is 6.68. The number of nitrogens with one attached hydrogen (secondary N) is 1. The zero-order valence-corrected chi connectivity index (χ0v) is 9.87. The molecule has 14 heavy (non-hydrogen) atoms. The van der Waals surface area contributed by atoms with E-state index in [0.29, 0.717) is 19.0 Å². The van der Waals surface area contributed by atoms with Gasteiger partial charge in [-0.15, -0.1) is 12.4 Å². The van der Waals surface area contributed by atoms with Crippen LogP contribution in [-0.2, 0) is 10.0 Å². The van der Waals surface area contributed by atoms with Crippen molar-refractivity contribution < 1.29 is 8.42 Å². The van der Waals surface area contributed by atoms with E-state index in [0.717, 1.165) is 6.42 Å². The van der Waals surface area contributed by atoms with Crippen LogP contribution in [0.2, 0.25) is 0 Å². The highest BCUT2D eigenvalue weighted by atomic mass is 35.5. The summed E-state index contributed by atoms with van der Waals surface area (Å²) in [6.45, 7) is 0.718. The summed E-state index contributed by atoms with van der Waals surface area (Å²) in [6, 6.07) is 0. The van der Waals surface area contributed by atoms with Crippen LogP contribution in [0.4, 0.5) is 0 Å². The highest BCUT2D eigenvalue weighted by molar-refractivity contribution is 7.89. The van der Waals surface area contributed by atoms with Crippen LogP contribution in [0, 0.1) is 5.92 Å². The first-order valence-corrected chi connectivity index (χ1v) is 6.46. The first-order chi connectivity index (χ1) is 6.14. The van der Waals surface area contributed by atoms with Crippen LogP contribution in [0.1, 0.15) is 25.7 Å². The number of sulfonamides is 1. The number of hydrogen-bond donors (Lipinski definition) is 2. The van der Waals surface area contributed by atoms with Crippen molar-refractivity contribution in [2.75, 3.05) is 18.8 Å². The fourth-order valence-electron chi connectivity index (χ4n) is 1.39. The predicted octanol–water partition coefficient (Wildman–Crippen LogP) is 0.476. The molecule has 86 valence electrons. The van der Waals surface area contributed by atoms with Gasteiger partial charge >= 0.3 is 0 Å². The molecule has 0 aromatic heterocycles. The van der Waals surface area contributed by atoms with Crippen molar-refractivity contribution in [3.05, 3.63) is 0 Å². The van der Waals surface area contributed by atoms with Crippen molar-refractivity contribution in [3.8, 4) is 0 Å². The topological polar surface area (TPSA) is 72.2 Å². The minimum atomic E-state index is -3.04. The summed E-state index contributed by atoms with van der Waals surface area (Å²) in [5, 5.41) is 0. The maximum Gasteiger partial charge on any atom is 0.211 e. The van der Waals surface area contributed by atoms with E-state index in [-0.39, 0.29) is 18.2 Å². The highest BCUT2D eigenvalue weighted by Crippen LogP contribution is 2.29. The number of rotatable bonds is 6. The third-order valence-corrected chi connectivity index (χ3v) is 3.90. The molecule has 0 radical (unpaired) electrons. The SMILES string of the molecule is Cl.NCCNS(=O)(=O)CCC1CCC1. The molecule has 0 aliphatic heterocycles. The standard InChI is InChI=1S/C8H18N2O2S.ClH/c9-5-6-10-13(11,12)7-4-8-2-1-3-8;/h8,10H,1-7,9H2;1H. The van der Waals surface area contributed by atoms with E-state index in [2.05, 4.69) is 4.72 Å². The molecule has 1 rings (SSSR count). The van der Waals surface area contributed by atoms with Gasteiger partial charge in [-0.1, -0.05) is 19.3 Å². The Balaban J connectivity index is 0.00000169. The first kappa shape index (κ1) is 14.2. The Morgan fingerprint density at radius 2 is 2.00 bits per heavy atom. The van der Waals surface area contributed by atoms with Crippen LogP contribution in [0.15, 0.2) is 0 Å². The maximum atomic E-state index is 11.3. The molecule has 1 aliphatic rings. The van der Waals surface area contributed by atoms with Gasteiger partial charge in [0.2, 0.25) is 10.0 Å². The Hall–Kier alpha value is 0.160. The maximum absolute atomic E-state index is 11.3. The molecule has 0 aromatic rings. The lowest BCUT2D eigenvalue weighted by Gasteiger charge is -2.24. The smallest absolute Gasteiger partial charge is 0.211 e. The van der Waals surface area contributed by atoms with E-state index < -0.39 is 10.0 Å². The second-order valence-electron chi connectivity index (χ2n) is 3.59. The van der Waals surface area contributed by atoms with Crippen LogP contribution >= 0.6 is 12.4 Å². The summed E-state index contributed by atoms with van der Waals surface area (Å²) in [5.41, 5.74) is 5.20. The van der Waals surface area contributed by atoms with Gasteiger partial charge in [-0.05, 0) is 12.3 Å². The summed E-state index contributed by atoms with van der Waals surface area (Å²) < 4.78 is 25.0. The van der Waals surface area contributed by atoms with Gasteiger partial charge in [-0.25, -0.2) is 13.1 Å². The second-order valence-corrected chi connectivity index (χ2v) is 5.51. The number of nitrogens with two attached hydrogens (primary N) is 1. The number of halogens is 1. The summed E-state index contributed by atoms with van der Waals surface area (Å²) in [6.07, 6.45) is 4.47. The Labute approximate surface area is 92.1 Å². The minimum absolute atomic E-state index is 0. The van der Waals surface area contributed by atoms with Gasteiger partial charge in [0.1, 0.15) is 0 Å². The first-order valence-electron chi connectivity index (χ1n) is 4.81. The fraction of sp³-hybridized carbons (Fsp3) is 1.00. The Morgan fingerprint density at radius 3 is 2.43 bits per heavy atom. The van der Waals surface area contributed by atoms with Crippen molar-refractivity contribution in [3.63, 3.8) is 0 Å². The average molecular weight is 243 g/mol. The van der Waals surface area contributed by atoms with E-state index in [4.69, 9.17) is 5.73 Å². The molecular weight excluding hydrogens is 224 g/mol. The third-order valence-electron chi connectivity index (χ3n) is 2.49. The van der Waals surface area contributed by atoms with Gasteiger partial charge in [0.25, 0.3) is 0 Å². The molecule has 6 heteroatoms. The van der Waals surface area contributed by atoms with Gasteiger partial charge in [0.05, 0.1) is 5.75 Å². The van der Waals surface area contributed by atoms with Crippen molar-refractivity contribution in [1.29, 1.82) is 0 Å². The molecule has 4 nitrogen and oxygen atoms in total. The van der Waals surface area contributed by atoms with Crippen LogP contribution in [-0.4, -0.2) is 27.3 Å². The highest BCUT2D eigenvalue weighted by Gasteiger charge is 2.20. The molecule has 0 heterocycles. The fourth-order valence-corrected chi connectivity index (χ4v) is 2.61. The van der Waals surface area contributed by atoms with Gasteiger partial charge in [0.15, 0.2) is 0 Å². The molecular formula is C8H19ClN2O2S. The van der Waals surface area contributed by atoms with E-state index in [9.17, 15) is 8.42 Å². The van der Waals surface area contributed by atoms with Crippen LogP contribution < -0.4 is 10.5 Å². The predicted molar refractivity (Wildman–Crippen MR) is 60.0 cm³/mol. The quantitative estimate of drug-likeness (QED) is 0.712. The summed E-state index contributed by atoms with van der Waals surface area (Å²) >= 11 is 0. The third kappa shape index (κ3) is 5.14. The molecule has 0 saturated heterocycles. The van der Waals surface area contributed by atoms with Crippen molar-refractivity contribution in [2.24, 2.45) is 11.7 Å². The molecule has 1 fully saturated rings. The molecule has 0 bridgehead atoms. The molecule has 1 aliphatic carbocycles. The zero-order chi connectivity index (χ0) is 9.73. The van der Waals surface area contributed by atoms with Crippen LogP contribution in [0.5, 0.6) is 0 Å². The number of hydrogen-bond acceptors (Lipinski definition) is 3. The molecule has 1 saturated carbocycles.